The number of hydrogen-bond donors (Lipinski definition) is 6. The molecule has 3 rings (SSSR count). The molecule has 0 spiro atoms. The molecule has 32 heavy (non-hydrogen) atoms. The lowest BCUT2D eigenvalue weighted by molar-refractivity contribution is -0.136. The van der Waals surface area contributed by atoms with Crippen LogP contribution in [0.1, 0.15) is 17.0 Å². The average Bonchev–Trinajstić information content (AvgIpc) is 3.24. The van der Waals surface area contributed by atoms with Gasteiger partial charge in [0.2, 0.25) is 5.91 Å². The summed E-state index contributed by atoms with van der Waals surface area (Å²) in [5.74, 6) is -2.79. The highest BCUT2D eigenvalue weighted by molar-refractivity contribution is 7.13. The van der Waals surface area contributed by atoms with Gasteiger partial charge in [0.15, 0.2) is 0 Å². The van der Waals surface area contributed by atoms with E-state index >= 15 is 0 Å². The van der Waals surface area contributed by atoms with Crippen LogP contribution in [0.2, 0.25) is 0 Å². The van der Waals surface area contributed by atoms with Crippen molar-refractivity contribution < 1.29 is 38.4 Å². The van der Waals surface area contributed by atoms with Crippen LogP contribution >= 0.6 is 11.3 Å². The number of aromatic nitrogens is 1. The maximum Gasteiger partial charge on any atom is 0.417 e. The molecule has 0 unspecified atom stereocenters. The number of carbonyl (C=O) groups is 1. The molecule has 0 saturated heterocycles. The first kappa shape index (κ1) is 23.9. The van der Waals surface area contributed by atoms with E-state index in [-0.39, 0.29) is 21.3 Å². The number of nitrogens with two attached hydrogens (primary N) is 1. The maximum absolute atomic E-state index is 14.0. The molecule has 12 heteroatoms. The number of aromatic amines is 1. The summed E-state index contributed by atoms with van der Waals surface area (Å²) in [6.45, 7) is -0.921. The van der Waals surface area contributed by atoms with Gasteiger partial charge in [-0.1, -0.05) is 18.2 Å². The van der Waals surface area contributed by atoms with E-state index in [1.54, 1.807) is 0 Å². The number of benzene rings is 1. The van der Waals surface area contributed by atoms with E-state index in [0.717, 1.165) is 29.5 Å². The normalized spacial score (nSPS) is 16.0. The van der Waals surface area contributed by atoms with Gasteiger partial charge in [-0.25, -0.2) is 0 Å². The minimum Gasteiger partial charge on any atom is -0.394 e. The summed E-state index contributed by atoms with van der Waals surface area (Å²) in [6.07, 6.45) is -10.6. The fourth-order valence-electron chi connectivity index (χ4n) is 3.52. The number of amides is 1. The third-order valence-electron chi connectivity index (χ3n) is 5.03. The Morgan fingerprint density at radius 1 is 1.16 bits per heavy atom. The van der Waals surface area contributed by atoms with E-state index in [4.69, 9.17) is 10.8 Å². The van der Waals surface area contributed by atoms with Crippen molar-refractivity contribution in [3.63, 3.8) is 0 Å². The number of H-pyrrole nitrogens is 1. The number of nitrogens with one attached hydrogen (secondary N) is 1. The third-order valence-corrected chi connectivity index (χ3v) is 5.91. The molecule has 7 N–H and O–H groups in total. The fraction of sp³-hybridized carbons (Fsp3) is 0.300. The molecule has 0 aliphatic carbocycles. The summed E-state index contributed by atoms with van der Waals surface area (Å²) < 4.78 is 41.9. The predicted molar refractivity (Wildman–Crippen MR) is 110 cm³/mol. The molecule has 0 bridgehead atoms. The van der Waals surface area contributed by atoms with Crippen molar-refractivity contribution in [2.45, 2.75) is 30.4 Å². The maximum atomic E-state index is 14.0. The van der Waals surface area contributed by atoms with E-state index in [2.05, 4.69) is 4.98 Å². The van der Waals surface area contributed by atoms with Crippen LogP contribution in [-0.4, -0.2) is 56.2 Å². The third kappa shape index (κ3) is 4.40. The Balaban J connectivity index is 2.22. The lowest BCUT2D eigenvalue weighted by atomic mass is 9.87. The molecule has 0 radical (unpaired) electrons. The molecular formula is C20H19F3N2O6S. The van der Waals surface area contributed by atoms with Crippen LogP contribution in [0.4, 0.5) is 13.2 Å². The van der Waals surface area contributed by atoms with Gasteiger partial charge in [-0.2, -0.15) is 13.2 Å². The van der Waals surface area contributed by atoms with Gasteiger partial charge in [0.1, 0.15) is 12.2 Å². The van der Waals surface area contributed by atoms with Crippen LogP contribution in [-0.2, 0) is 11.0 Å². The van der Waals surface area contributed by atoms with Crippen molar-refractivity contribution in [3.8, 4) is 10.4 Å². The fourth-order valence-corrected chi connectivity index (χ4v) is 4.30. The lowest BCUT2D eigenvalue weighted by Gasteiger charge is -2.27. The Morgan fingerprint density at radius 3 is 2.38 bits per heavy atom. The van der Waals surface area contributed by atoms with Crippen LogP contribution in [0, 0.1) is 0 Å². The van der Waals surface area contributed by atoms with Crippen molar-refractivity contribution >= 4 is 28.1 Å². The van der Waals surface area contributed by atoms with E-state index in [1.165, 1.54) is 17.5 Å². The highest BCUT2D eigenvalue weighted by Gasteiger charge is 2.39. The zero-order valence-electron chi connectivity index (χ0n) is 16.2. The van der Waals surface area contributed by atoms with Crippen molar-refractivity contribution in [3.05, 3.63) is 57.2 Å². The molecule has 4 atom stereocenters. The number of aliphatic hydroxyl groups is 4. The highest BCUT2D eigenvalue weighted by atomic mass is 32.1. The number of rotatable bonds is 7. The van der Waals surface area contributed by atoms with Gasteiger partial charge < -0.3 is 31.1 Å². The van der Waals surface area contributed by atoms with Crippen LogP contribution in [0.25, 0.3) is 21.3 Å². The minimum atomic E-state index is -4.88. The van der Waals surface area contributed by atoms with E-state index in [0.29, 0.717) is 0 Å². The Morgan fingerprint density at radius 2 is 1.84 bits per heavy atom. The average molecular weight is 472 g/mol. The lowest BCUT2D eigenvalue weighted by Crippen LogP contribution is -2.46. The van der Waals surface area contributed by atoms with Crippen molar-refractivity contribution in [1.82, 2.24) is 4.98 Å². The molecule has 0 fully saturated rings. The smallest absolute Gasteiger partial charge is 0.394 e. The number of carbonyl (C=O) groups excluding carboxylic acids is 1. The van der Waals surface area contributed by atoms with Gasteiger partial charge in [-0.05, 0) is 23.1 Å². The van der Waals surface area contributed by atoms with Gasteiger partial charge >= 0.3 is 6.18 Å². The zero-order valence-corrected chi connectivity index (χ0v) is 17.0. The summed E-state index contributed by atoms with van der Waals surface area (Å²) >= 11 is 0.967. The van der Waals surface area contributed by atoms with Crippen LogP contribution in [0.5, 0.6) is 0 Å². The first-order chi connectivity index (χ1) is 15.0. The number of fused-ring (bicyclic) bond motifs is 1. The molecule has 1 aromatic carbocycles. The van der Waals surface area contributed by atoms with E-state index in [1.807, 2.05) is 0 Å². The van der Waals surface area contributed by atoms with Gasteiger partial charge in [0, 0.05) is 15.8 Å². The van der Waals surface area contributed by atoms with Gasteiger partial charge in [-0.15, -0.1) is 11.3 Å². The first-order valence-electron chi connectivity index (χ1n) is 9.22. The molecule has 2 aromatic heterocycles. The van der Waals surface area contributed by atoms with Gasteiger partial charge in [0.25, 0.3) is 5.56 Å². The van der Waals surface area contributed by atoms with Crippen molar-refractivity contribution in [1.29, 1.82) is 0 Å². The largest absolute Gasteiger partial charge is 0.417 e. The Hall–Kier alpha value is -2.77. The molecule has 2 heterocycles. The number of halogens is 3. The molecule has 3 aromatic rings. The summed E-state index contributed by atoms with van der Waals surface area (Å²) in [5.41, 5.74) is 2.24. The molecular weight excluding hydrogens is 453 g/mol. The van der Waals surface area contributed by atoms with Crippen molar-refractivity contribution in [2.75, 3.05) is 6.61 Å². The number of thiophene rings is 1. The van der Waals surface area contributed by atoms with Gasteiger partial charge in [-0.3, -0.25) is 9.59 Å². The first-order valence-corrected chi connectivity index (χ1v) is 10.1. The number of hydrogen-bond acceptors (Lipinski definition) is 7. The number of aliphatic hydroxyl groups excluding tert-OH is 4. The van der Waals surface area contributed by atoms with Crippen molar-refractivity contribution in [2.24, 2.45) is 5.73 Å². The van der Waals surface area contributed by atoms with Gasteiger partial charge in [0.05, 0.1) is 29.8 Å². The Kier molecular flexibility index (Phi) is 6.72. The number of pyridine rings is 1. The SMILES string of the molecule is NC(=O)[C@H](c1ccc2c(C(F)(F)F)c(-c3cccs3)c(=O)[nH]c2c1)[C@@H](O)[C@H](O)[C@H](O)CO. The monoisotopic (exact) mass is 472 g/mol. The number of primary amides is 1. The quantitative estimate of drug-likeness (QED) is 0.300. The predicted octanol–water partition coefficient (Wildman–Crippen LogP) is 0.919. The van der Waals surface area contributed by atoms with E-state index < -0.39 is 59.6 Å². The second kappa shape index (κ2) is 9.00. The highest BCUT2D eigenvalue weighted by Crippen LogP contribution is 2.41. The summed E-state index contributed by atoms with van der Waals surface area (Å²) in [4.78, 5) is 27.0. The Labute approximate surface area is 182 Å². The Bertz CT molecular complexity index is 1180. The number of alkyl halides is 3. The minimum absolute atomic E-state index is 0.102. The summed E-state index contributed by atoms with van der Waals surface area (Å²) in [6, 6.07) is 6.07. The van der Waals surface area contributed by atoms with Crippen LogP contribution < -0.4 is 11.3 Å². The zero-order chi connectivity index (χ0) is 23.8. The summed E-state index contributed by atoms with van der Waals surface area (Å²) in [7, 11) is 0. The second-order valence-corrected chi connectivity index (χ2v) is 8.04. The topological polar surface area (TPSA) is 157 Å². The molecule has 8 nitrogen and oxygen atoms in total. The van der Waals surface area contributed by atoms with E-state index in [9.17, 15) is 38.1 Å². The molecule has 0 aliphatic rings. The molecule has 0 saturated carbocycles. The molecule has 0 aliphatic heterocycles. The second-order valence-electron chi connectivity index (χ2n) is 7.10. The molecule has 172 valence electrons. The van der Waals surface area contributed by atoms with Crippen LogP contribution in [0.15, 0.2) is 40.5 Å². The standard InChI is InChI=1S/C20H19F3N2O6S/c21-20(22,23)15-9-4-3-8(13(18(24)30)17(29)16(28)11(27)7-26)6-10(9)25-19(31)14(15)12-2-1-5-32-12/h1-6,11,13,16-17,26-29H,7H2,(H2,24,30)(H,25,31)/t11-,13-,16-,17-/m1/s1. The summed E-state index contributed by atoms with van der Waals surface area (Å²) in [5, 5.41) is 39.9. The van der Waals surface area contributed by atoms with Crippen LogP contribution in [0.3, 0.4) is 0 Å². The molecule has 1 amide bonds.